The molecular weight excluding hydrogens is 306 g/mol. The summed E-state index contributed by atoms with van der Waals surface area (Å²) in [6.07, 6.45) is -7.03. The van der Waals surface area contributed by atoms with Gasteiger partial charge in [-0.3, -0.25) is 0 Å². The molecule has 0 spiro atoms. The summed E-state index contributed by atoms with van der Waals surface area (Å²) in [5.41, 5.74) is 0.612. The number of rotatable bonds is 4. The number of aliphatic hydroxyl groups excluding tert-OH is 1. The molecule has 17 heavy (non-hydrogen) atoms. The Balaban J connectivity index is 2.46. The van der Waals surface area contributed by atoms with Crippen LogP contribution in [0.4, 0.5) is 17.6 Å². The minimum atomic E-state index is -4.63. The molecule has 0 aliphatic rings. The fourth-order valence-electron chi connectivity index (χ4n) is 1.12. The number of nitrogens with one attached hydrogen (secondary N) is 1. The molecule has 0 aliphatic heterocycles. The summed E-state index contributed by atoms with van der Waals surface area (Å²) in [4.78, 5) is 0. The predicted octanol–water partition coefficient (Wildman–Crippen LogP) is 2.60. The molecule has 0 saturated carbocycles. The Morgan fingerprint density at radius 1 is 1.35 bits per heavy atom. The van der Waals surface area contributed by atoms with Crippen LogP contribution in [0.25, 0.3) is 0 Å². The van der Waals surface area contributed by atoms with E-state index in [0.29, 0.717) is 10.0 Å². The normalized spacial score (nSPS) is 13.8. The standard InChI is InChI=1S/C10H10BrF4NO/c11-8-3-7(12)2-1-6(8)4-16-5-9(17)10(13,14)15/h1-3,9,16-17H,4-5H2. The van der Waals surface area contributed by atoms with E-state index in [1.54, 1.807) is 0 Å². The van der Waals surface area contributed by atoms with Crippen LogP contribution in [0.1, 0.15) is 5.56 Å². The molecule has 1 rings (SSSR count). The van der Waals surface area contributed by atoms with Crippen LogP contribution in [0.2, 0.25) is 0 Å². The van der Waals surface area contributed by atoms with Crippen LogP contribution in [-0.4, -0.2) is 23.9 Å². The molecule has 0 radical (unpaired) electrons. The lowest BCUT2D eigenvalue weighted by atomic mass is 10.2. The summed E-state index contributed by atoms with van der Waals surface area (Å²) in [7, 11) is 0. The molecule has 1 aromatic carbocycles. The van der Waals surface area contributed by atoms with Gasteiger partial charge in [-0.25, -0.2) is 4.39 Å². The van der Waals surface area contributed by atoms with Crippen LogP contribution in [0.5, 0.6) is 0 Å². The van der Waals surface area contributed by atoms with Crippen molar-refractivity contribution in [3.8, 4) is 0 Å². The van der Waals surface area contributed by atoms with E-state index in [1.165, 1.54) is 18.2 Å². The van der Waals surface area contributed by atoms with Gasteiger partial charge < -0.3 is 10.4 Å². The Hall–Kier alpha value is -0.660. The van der Waals surface area contributed by atoms with Crippen molar-refractivity contribution in [2.75, 3.05) is 6.54 Å². The number of hydrogen-bond acceptors (Lipinski definition) is 2. The molecule has 0 amide bonds. The van der Waals surface area contributed by atoms with E-state index in [1.807, 2.05) is 0 Å². The van der Waals surface area contributed by atoms with Crippen molar-refractivity contribution < 1.29 is 22.7 Å². The van der Waals surface area contributed by atoms with Gasteiger partial charge in [-0.2, -0.15) is 13.2 Å². The summed E-state index contributed by atoms with van der Waals surface area (Å²) in [5, 5.41) is 11.2. The predicted molar refractivity (Wildman–Crippen MR) is 57.9 cm³/mol. The van der Waals surface area contributed by atoms with Gasteiger partial charge >= 0.3 is 6.18 Å². The smallest absolute Gasteiger partial charge is 0.382 e. The number of alkyl halides is 3. The summed E-state index contributed by atoms with van der Waals surface area (Å²) in [6, 6.07) is 3.88. The second-order valence-electron chi connectivity index (χ2n) is 3.42. The molecule has 0 aromatic heterocycles. The van der Waals surface area contributed by atoms with Crippen LogP contribution >= 0.6 is 15.9 Å². The first kappa shape index (κ1) is 14.4. The molecule has 1 unspecified atom stereocenters. The molecule has 0 aliphatic carbocycles. The molecule has 1 aromatic rings. The quantitative estimate of drug-likeness (QED) is 0.837. The third-order valence-corrected chi connectivity index (χ3v) is 2.78. The van der Waals surface area contributed by atoms with Gasteiger partial charge in [0, 0.05) is 17.6 Å². The largest absolute Gasteiger partial charge is 0.415 e. The molecule has 7 heteroatoms. The average molecular weight is 316 g/mol. The molecule has 0 fully saturated rings. The van der Waals surface area contributed by atoms with E-state index < -0.39 is 24.6 Å². The maximum atomic E-state index is 12.7. The minimum absolute atomic E-state index is 0.105. The van der Waals surface area contributed by atoms with Crippen molar-refractivity contribution >= 4 is 15.9 Å². The molecule has 96 valence electrons. The highest BCUT2D eigenvalue weighted by Crippen LogP contribution is 2.20. The Kier molecular flexibility index (Phi) is 4.91. The molecule has 2 N–H and O–H groups in total. The molecule has 0 saturated heterocycles. The van der Waals surface area contributed by atoms with Gasteiger partial charge in [0.05, 0.1) is 0 Å². The topological polar surface area (TPSA) is 32.3 Å². The number of halogens is 5. The SMILES string of the molecule is OC(CNCc1ccc(F)cc1Br)C(F)(F)F. The highest BCUT2D eigenvalue weighted by molar-refractivity contribution is 9.10. The van der Waals surface area contributed by atoms with Gasteiger partial charge in [-0.1, -0.05) is 22.0 Å². The van der Waals surface area contributed by atoms with Crippen molar-refractivity contribution in [3.05, 3.63) is 34.1 Å². The first-order valence-corrected chi connectivity index (χ1v) is 5.49. The fraction of sp³-hybridized carbons (Fsp3) is 0.400. The lowest BCUT2D eigenvalue weighted by Crippen LogP contribution is -2.38. The van der Waals surface area contributed by atoms with E-state index >= 15 is 0 Å². The second-order valence-corrected chi connectivity index (χ2v) is 4.28. The van der Waals surface area contributed by atoms with Crippen LogP contribution in [0.3, 0.4) is 0 Å². The van der Waals surface area contributed by atoms with Crippen molar-refractivity contribution in [1.29, 1.82) is 0 Å². The summed E-state index contributed by atoms with van der Waals surface area (Å²) in [6.45, 7) is -0.499. The average Bonchev–Trinajstić information content (AvgIpc) is 2.19. The van der Waals surface area contributed by atoms with Crippen LogP contribution < -0.4 is 5.32 Å². The van der Waals surface area contributed by atoms with Gasteiger partial charge in [0.25, 0.3) is 0 Å². The third-order valence-electron chi connectivity index (χ3n) is 2.05. The summed E-state index contributed by atoms with van der Waals surface area (Å²) < 4.78 is 49.1. The van der Waals surface area contributed by atoms with Gasteiger partial charge in [-0.05, 0) is 17.7 Å². The lowest BCUT2D eigenvalue weighted by Gasteiger charge is -2.15. The van der Waals surface area contributed by atoms with Crippen LogP contribution in [0.15, 0.2) is 22.7 Å². The monoisotopic (exact) mass is 315 g/mol. The Morgan fingerprint density at radius 3 is 2.53 bits per heavy atom. The fourth-order valence-corrected chi connectivity index (χ4v) is 1.62. The van der Waals surface area contributed by atoms with Gasteiger partial charge in [-0.15, -0.1) is 0 Å². The molecule has 2 nitrogen and oxygen atoms in total. The maximum Gasteiger partial charge on any atom is 0.415 e. The van der Waals surface area contributed by atoms with Crippen LogP contribution in [0, 0.1) is 5.82 Å². The van der Waals surface area contributed by atoms with Crippen molar-refractivity contribution in [2.45, 2.75) is 18.8 Å². The highest BCUT2D eigenvalue weighted by Gasteiger charge is 2.37. The highest BCUT2D eigenvalue weighted by atomic mass is 79.9. The van der Waals surface area contributed by atoms with E-state index in [4.69, 9.17) is 5.11 Å². The molecule has 1 atom stereocenters. The van der Waals surface area contributed by atoms with Crippen molar-refractivity contribution in [3.63, 3.8) is 0 Å². The van der Waals surface area contributed by atoms with Crippen molar-refractivity contribution in [2.24, 2.45) is 0 Å². The van der Waals surface area contributed by atoms with Gasteiger partial charge in [0.1, 0.15) is 5.82 Å². The summed E-state index contributed by atoms with van der Waals surface area (Å²) >= 11 is 3.09. The lowest BCUT2D eigenvalue weighted by molar-refractivity contribution is -0.201. The Morgan fingerprint density at radius 2 is 2.00 bits per heavy atom. The van der Waals surface area contributed by atoms with E-state index in [-0.39, 0.29) is 6.54 Å². The minimum Gasteiger partial charge on any atom is -0.382 e. The Bertz CT molecular complexity index is 383. The maximum absolute atomic E-state index is 12.7. The zero-order valence-electron chi connectivity index (χ0n) is 8.56. The van der Waals surface area contributed by atoms with E-state index in [2.05, 4.69) is 21.2 Å². The van der Waals surface area contributed by atoms with E-state index in [9.17, 15) is 17.6 Å². The Labute approximate surface area is 104 Å². The number of aliphatic hydroxyl groups is 1. The van der Waals surface area contributed by atoms with Gasteiger partial charge in [0.2, 0.25) is 0 Å². The molecular formula is C10H10BrF4NO. The van der Waals surface area contributed by atoms with Crippen LogP contribution in [-0.2, 0) is 6.54 Å². The second kappa shape index (κ2) is 5.79. The zero-order chi connectivity index (χ0) is 13.1. The van der Waals surface area contributed by atoms with E-state index in [0.717, 1.165) is 0 Å². The zero-order valence-corrected chi connectivity index (χ0v) is 10.1. The molecule has 0 heterocycles. The van der Waals surface area contributed by atoms with Gasteiger partial charge in [0.15, 0.2) is 6.10 Å². The summed E-state index contributed by atoms with van der Waals surface area (Å²) in [5.74, 6) is -0.434. The third kappa shape index (κ3) is 4.61. The number of hydrogen-bond donors (Lipinski definition) is 2. The first-order valence-electron chi connectivity index (χ1n) is 4.70. The molecule has 0 bridgehead atoms. The first-order chi connectivity index (χ1) is 7.80. The number of benzene rings is 1. The van der Waals surface area contributed by atoms with Crippen molar-refractivity contribution in [1.82, 2.24) is 5.32 Å².